The minimum absolute atomic E-state index is 0.0745. The Bertz CT molecular complexity index is 1200. The van der Waals surface area contributed by atoms with E-state index < -0.39 is 0 Å². The van der Waals surface area contributed by atoms with Crippen LogP contribution in [-0.4, -0.2) is 36.1 Å². The molecule has 168 valence electrons. The largest absolute Gasteiger partial charge is 0.482 e. The molecule has 1 saturated heterocycles. The minimum atomic E-state index is -0.380. The molecule has 4 nitrogen and oxygen atoms in total. The quantitative estimate of drug-likeness (QED) is 0.428. The van der Waals surface area contributed by atoms with Crippen molar-refractivity contribution in [3.8, 4) is 22.6 Å². The van der Waals surface area contributed by atoms with Crippen molar-refractivity contribution in [3.05, 3.63) is 88.4 Å². The van der Waals surface area contributed by atoms with Gasteiger partial charge >= 0.3 is 0 Å². The van der Waals surface area contributed by atoms with Crippen LogP contribution in [0.4, 0.5) is 0 Å². The predicted octanol–water partition coefficient (Wildman–Crippen LogP) is 6.51. The molecule has 0 N–H and O–H groups in total. The van der Waals surface area contributed by atoms with E-state index >= 15 is 0 Å². The molecule has 1 fully saturated rings. The van der Waals surface area contributed by atoms with E-state index in [1.165, 1.54) is 11.1 Å². The van der Waals surface area contributed by atoms with Crippen LogP contribution in [0.3, 0.4) is 0 Å². The van der Waals surface area contributed by atoms with Crippen molar-refractivity contribution in [2.24, 2.45) is 0 Å². The third-order valence-corrected chi connectivity index (χ3v) is 6.75. The van der Waals surface area contributed by atoms with Gasteiger partial charge in [-0.2, -0.15) is 0 Å². The Hall–Kier alpha value is -2.95. The summed E-state index contributed by atoms with van der Waals surface area (Å²) in [7, 11) is 0. The summed E-state index contributed by atoms with van der Waals surface area (Å²) in [5.41, 5.74) is 3.04. The molecule has 0 unspecified atom stereocenters. The summed E-state index contributed by atoms with van der Waals surface area (Å²) in [6.45, 7) is 1.13. The summed E-state index contributed by atoms with van der Waals surface area (Å²) in [4.78, 5) is 14.5. The zero-order valence-corrected chi connectivity index (χ0v) is 19.5. The van der Waals surface area contributed by atoms with Gasteiger partial charge in [0.2, 0.25) is 0 Å². The number of piperidine rings is 1. The predicted molar refractivity (Wildman–Crippen MR) is 132 cm³/mol. The van der Waals surface area contributed by atoms with Gasteiger partial charge in [-0.1, -0.05) is 65.7 Å². The number of hydrogen-bond acceptors (Lipinski definition) is 3. The molecule has 2 heterocycles. The molecule has 33 heavy (non-hydrogen) atoms. The monoisotopic (exact) mass is 479 g/mol. The van der Waals surface area contributed by atoms with Crippen LogP contribution in [0.25, 0.3) is 17.2 Å². The van der Waals surface area contributed by atoms with Gasteiger partial charge in [-0.15, -0.1) is 0 Å². The van der Waals surface area contributed by atoms with E-state index in [1.807, 2.05) is 29.2 Å². The molecule has 0 atom stereocenters. The zero-order chi connectivity index (χ0) is 22.8. The Morgan fingerprint density at radius 1 is 0.970 bits per heavy atom. The van der Waals surface area contributed by atoms with Crippen LogP contribution in [0.15, 0.2) is 72.8 Å². The van der Waals surface area contributed by atoms with Crippen LogP contribution in [0.2, 0.25) is 10.0 Å². The minimum Gasteiger partial charge on any atom is -0.482 e. The van der Waals surface area contributed by atoms with Gasteiger partial charge in [0.15, 0.2) is 6.61 Å². The topological polar surface area (TPSA) is 38.8 Å². The van der Waals surface area contributed by atoms with E-state index in [-0.39, 0.29) is 18.1 Å². The second kappa shape index (κ2) is 9.12. The van der Waals surface area contributed by atoms with Crippen LogP contribution in [0, 0.1) is 0 Å². The van der Waals surface area contributed by atoms with Gasteiger partial charge in [0, 0.05) is 42.6 Å². The molecule has 2 aliphatic rings. The summed E-state index contributed by atoms with van der Waals surface area (Å²) in [6.07, 6.45) is 5.75. The Balaban J connectivity index is 1.20. The summed E-state index contributed by atoms with van der Waals surface area (Å²) in [5, 5.41) is 0.943. The Kier molecular flexibility index (Phi) is 6.05. The zero-order valence-electron chi connectivity index (χ0n) is 18.0. The van der Waals surface area contributed by atoms with Gasteiger partial charge in [-0.3, -0.25) is 4.79 Å². The van der Waals surface area contributed by atoms with Crippen LogP contribution < -0.4 is 9.47 Å². The number of amides is 1. The van der Waals surface area contributed by atoms with Gasteiger partial charge in [0.05, 0.1) is 5.02 Å². The van der Waals surface area contributed by atoms with Crippen molar-refractivity contribution in [3.63, 3.8) is 0 Å². The molecule has 6 heteroatoms. The smallest absolute Gasteiger partial charge is 0.260 e. The van der Waals surface area contributed by atoms with Gasteiger partial charge in [0.1, 0.15) is 17.1 Å². The van der Waals surface area contributed by atoms with E-state index in [0.29, 0.717) is 28.9 Å². The fraction of sp³-hybridized carbons (Fsp3) is 0.222. The fourth-order valence-electron chi connectivity index (χ4n) is 4.30. The van der Waals surface area contributed by atoms with Crippen molar-refractivity contribution >= 4 is 35.2 Å². The number of halogens is 2. The Morgan fingerprint density at radius 3 is 2.55 bits per heavy atom. The molecule has 1 amide bonds. The van der Waals surface area contributed by atoms with Crippen molar-refractivity contribution in [2.45, 2.75) is 18.4 Å². The second-order valence-corrected chi connectivity index (χ2v) is 9.21. The van der Waals surface area contributed by atoms with Gasteiger partial charge in [0.25, 0.3) is 5.91 Å². The van der Waals surface area contributed by atoms with E-state index in [2.05, 4.69) is 36.4 Å². The lowest BCUT2D eigenvalue weighted by atomic mass is 9.87. The Labute approximate surface area is 203 Å². The number of benzene rings is 3. The highest BCUT2D eigenvalue weighted by atomic mass is 35.5. The first-order valence-electron chi connectivity index (χ1n) is 10.9. The van der Waals surface area contributed by atoms with Crippen molar-refractivity contribution in [2.75, 3.05) is 19.7 Å². The number of ether oxygens (including phenoxy) is 2. The second-order valence-electron chi connectivity index (χ2n) is 8.36. The molecule has 0 radical (unpaired) electrons. The molecule has 3 aromatic rings. The number of carbonyl (C=O) groups excluding carboxylic acids is 1. The lowest BCUT2D eigenvalue weighted by Crippen LogP contribution is -2.50. The molecule has 5 rings (SSSR count). The maximum absolute atomic E-state index is 12.7. The highest BCUT2D eigenvalue weighted by Crippen LogP contribution is 2.39. The molecule has 2 aliphatic heterocycles. The summed E-state index contributed by atoms with van der Waals surface area (Å²) >= 11 is 12.1. The van der Waals surface area contributed by atoms with Crippen molar-refractivity contribution in [1.82, 2.24) is 4.90 Å². The van der Waals surface area contributed by atoms with Crippen molar-refractivity contribution in [1.29, 1.82) is 0 Å². The lowest BCUT2D eigenvalue weighted by molar-refractivity contribution is -0.136. The fourth-order valence-corrected chi connectivity index (χ4v) is 4.63. The summed E-state index contributed by atoms with van der Waals surface area (Å²) < 4.78 is 12.1. The molecular formula is C27H23Cl2NO3. The summed E-state index contributed by atoms with van der Waals surface area (Å²) in [5.74, 6) is 1.22. The molecule has 0 bridgehead atoms. The maximum Gasteiger partial charge on any atom is 0.260 e. The maximum atomic E-state index is 12.7. The first-order valence-corrected chi connectivity index (χ1v) is 11.7. The first-order chi connectivity index (χ1) is 16.0. The normalized spacial score (nSPS) is 16.2. The van der Waals surface area contributed by atoms with E-state index in [0.717, 1.165) is 24.2 Å². The molecule has 0 saturated carbocycles. The van der Waals surface area contributed by atoms with Gasteiger partial charge < -0.3 is 14.4 Å². The van der Waals surface area contributed by atoms with Gasteiger partial charge in [-0.25, -0.2) is 0 Å². The van der Waals surface area contributed by atoms with Crippen LogP contribution in [0.5, 0.6) is 11.5 Å². The van der Waals surface area contributed by atoms with Gasteiger partial charge in [-0.05, 0) is 41.5 Å². The molecular weight excluding hydrogens is 457 g/mol. The Morgan fingerprint density at radius 2 is 1.76 bits per heavy atom. The number of fused-ring (bicyclic) bond motifs is 1. The van der Waals surface area contributed by atoms with E-state index in [9.17, 15) is 4.79 Å². The van der Waals surface area contributed by atoms with E-state index in [1.54, 1.807) is 18.2 Å². The average Bonchev–Trinajstić information content (AvgIpc) is 2.85. The highest BCUT2D eigenvalue weighted by molar-refractivity contribution is 6.34. The third-order valence-electron chi connectivity index (χ3n) is 6.20. The molecule has 0 aromatic heterocycles. The molecule has 3 aromatic carbocycles. The number of nitrogens with zero attached hydrogens (tertiary/aromatic N) is 1. The van der Waals surface area contributed by atoms with Crippen LogP contribution >= 0.6 is 23.2 Å². The lowest BCUT2D eigenvalue weighted by Gasteiger charge is -2.42. The number of rotatable bonds is 4. The number of likely N-dealkylation sites (tertiary alicyclic amines) is 1. The first kappa shape index (κ1) is 21.9. The number of carbonyl (C=O) groups is 1. The van der Waals surface area contributed by atoms with E-state index in [4.69, 9.17) is 32.7 Å². The standard InChI is InChI=1S/C27H23Cl2NO3/c28-22-7-8-23(29)25(17-22)32-18-26(31)30-14-12-27(13-15-30)11-10-21-16-20(6-9-24(21)33-27)19-4-2-1-3-5-19/h1-11,16-17H,12-15,18H2. The number of hydrogen-bond donors (Lipinski definition) is 0. The molecule has 0 aliphatic carbocycles. The summed E-state index contributed by atoms with van der Waals surface area (Å²) in [6, 6.07) is 21.6. The van der Waals surface area contributed by atoms with Crippen LogP contribution in [-0.2, 0) is 4.79 Å². The average molecular weight is 480 g/mol. The highest BCUT2D eigenvalue weighted by Gasteiger charge is 2.38. The van der Waals surface area contributed by atoms with Crippen molar-refractivity contribution < 1.29 is 14.3 Å². The molecule has 1 spiro atoms. The SMILES string of the molecule is O=C(COc1cc(Cl)ccc1Cl)N1CCC2(C=Cc3cc(-c4ccccc4)ccc3O2)CC1. The third kappa shape index (κ3) is 4.73. The van der Waals surface area contributed by atoms with Crippen LogP contribution in [0.1, 0.15) is 18.4 Å².